The fraction of sp³-hybridized carbons (Fsp3) is 0. The van der Waals surface area contributed by atoms with E-state index in [9.17, 15) is 4.79 Å². The number of hydrogen-bond donors (Lipinski definition) is 0. The van der Waals surface area contributed by atoms with Crippen LogP contribution in [0.4, 0.5) is 28.4 Å². The molecule has 1 amide bonds. The van der Waals surface area contributed by atoms with Gasteiger partial charge in [0.15, 0.2) is 0 Å². The van der Waals surface area contributed by atoms with Gasteiger partial charge in [0.1, 0.15) is 0 Å². The van der Waals surface area contributed by atoms with Crippen LogP contribution in [0.5, 0.6) is 0 Å². The molecule has 45 heavy (non-hydrogen) atoms. The molecule has 0 unspecified atom stereocenters. The van der Waals surface area contributed by atoms with Crippen LogP contribution < -0.4 is 9.80 Å². The third-order valence-corrected chi connectivity index (χ3v) is 9.25. The van der Waals surface area contributed by atoms with Crippen LogP contribution in [0.15, 0.2) is 180 Å². The van der Waals surface area contributed by atoms with Crippen molar-refractivity contribution in [2.45, 2.75) is 9.79 Å². The molecule has 0 saturated heterocycles. The number of rotatable bonds is 7. The van der Waals surface area contributed by atoms with E-state index >= 15 is 0 Å². The van der Waals surface area contributed by atoms with E-state index < -0.39 is 0 Å². The van der Waals surface area contributed by atoms with Gasteiger partial charge in [-0.3, -0.25) is 9.69 Å². The van der Waals surface area contributed by atoms with Gasteiger partial charge in [0.2, 0.25) is 0 Å². The first-order chi connectivity index (χ1) is 22.2. The molecule has 1 heterocycles. The molecule has 0 fully saturated rings. The number of nitrogens with zero attached hydrogens (tertiary/aromatic N) is 2. The van der Waals surface area contributed by atoms with Crippen LogP contribution in [0.1, 0.15) is 10.4 Å². The van der Waals surface area contributed by atoms with Crippen LogP contribution in [0.3, 0.4) is 0 Å². The first-order valence-electron chi connectivity index (χ1n) is 15.0. The third kappa shape index (κ3) is 4.95. The maximum Gasteiger partial charge on any atom is 0.263 e. The van der Waals surface area contributed by atoms with Crippen LogP contribution in [-0.4, -0.2) is 5.91 Å². The number of benzene rings is 7. The maximum absolute atomic E-state index is 13.9. The highest BCUT2D eigenvalue weighted by Crippen LogP contribution is 2.46. The van der Waals surface area contributed by atoms with Crippen molar-refractivity contribution >= 4 is 56.9 Å². The second kappa shape index (κ2) is 11.5. The third-order valence-electron chi connectivity index (χ3n) is 8.23. The Hall–Kier alpha value is -5.58. The minimum absolute atomic E-state index is 0.00177. The summed E-state index contributed by atoms with van der Waals surface area (Å²) in [5.41, 5.74) is 7.93. The van der Waals surface area contributed by atoms with Crippen molar-refractivity contribution in [3.8, 4) is 11.1 Å². The zero-order valence-electron chi connectivity index (χ0n) is 24.4. The second-order valence-corrected chi connectivity index (χ2v) is 12.1. The van der Waals surface area contributed by atoms with Gasteiger partial charge in [-0.05, 0) is 101 Å². The molecule has 0 N–H and O–H groups in total. The molecule has 7 aromatic carbocycles. The van der Waals surface area contributed by atoms with Crippen LogP contribution in [0.2, 0.25) is 0 Å². The van der Waals surface area contributed by atoms with E-state index in [1.54, 1.807) is 11.8 Å². The highest BCUT2D eigenvalue weighted by molar-refractivity contribution is 7.99. The Morgan fingerprint density at radius 2 is 1.04 bits per heavy atom. The Morgan fingerprint density at radius 3 is 1.69 bits per heavy atom. The van der Waals surface area contributed by atoms with Gasteiger partial charge >= 0.3 is 0 Å². The van der Waals surface area contributed by atoms with Crippen molar-refractivity contribution in [3.63, 3.8) is 0 Å². The molecule has 1 aliphatic rings. The first kappa shape index (κ1) is 27.0. The number of anilines is 5. The summed E-state index contributed by atoms with van der Waals surface area (Å²) >= 11 is 1.75. The lowest BCUT2D eigenvalue weighted by molar-refractivity contribution is 0.100. The number of carbonyl (C=O) groups is 1. The Bertz CT molecular complexity index is 2090. The minimum atomic E-state index is -0.00177. The average Bonchev–Trinajstić information content (AvgIpc) is 3.39. The zero-order valence-corrected chi connectivity index (χ0v) is 25.2. The van der Waals surface area contributed by atoms with Gasteiger partial charge in [0.05, 0.1) is 11.3 Å². The predicted octanol–water partition coefficient (Wildman–Crippen LogP) is 11.4. The Kier molecular flexibility index (Phi) is 6.90. The summed E-state index contributed by atoms with van der Waals surface area (Å²) in [4.78, 5) is 20.4. The topological polar surface area (TPSA) is 23.6 Å². The van der Waals surface area contributed by atoms with Gasteiger partial charge in [0.25, 0.3) is 5.91 Å². The second-order valence-electron chi connectivity index (χ2n) is 11.0. The summed E-state index contributed by atoms with van der Waals surface area (Å²) in [5, 5.41) is 2.09. The largest absolute Gasteiger partial charge is 0.311 e. The van der Waals surface area contributed by atoms with E-state index in [1.807, 2.05) is 71.6 Å². The Labute approximate surface area is 267 Å². The van der Waals surface area contributed by atoms with Crippen LogP contribution in [0.25, 0.3) is 21.9 Å². The molecule has 0 aromatic heterocycles. The normalized spacial score (nSPS) is 12.1. The van der Waals surface area contributed by atoms with E-state index in [-0.39, 0.29) is 5.91 Å². The molecular formula is C41H28N2OS. The molecule has 0 aliphatic carbocycles. The summed E-state index contributed by atoms with van der Waals surface area (Å²) < 4.78 is 0. The van der Waals surface area contributed by atoms with Gasteiger partial charge in [-0.15, -0.1) is 0 Å². The number of para-hydroxylation sites is 2. The van der Waals surface area contributed by atoms with Crippen molar-refractivity contribution in [2.75, 3.05) is 9.80 Å². The summed E-state index contributed by atoms with van der Waals surface area (Å²) in [6, 6.07) is 58.3. The summed E-state index contributed by atoms with van der Waals surface area (Å²) in [6.45, 7) is 0. The van der Waals surface area contributed by atoms with E-state index in [2.05, 4.69) is 108 Å². The van der Waals surface area contributed by atoms with Crippen LogP contribution >= 0.6 is 11.8 Å². The molecule has 7 aromatic rings. The molecule has 214 valence electrons. The Morgan fingerprint density at radius 1 is 0.467 bits per heavy atom. The smallest absolute Gasteiger partial charge is 0.263 e. The van der Waals surface area contributed by atoms with Gasteiger partial charge in [-0.25, -0.2) is 0 Å². The van der Waals surface area contributed by atoms with Crippen molar-refractivity contribution in [3.05, 3.63) is 175 Å². The lowest BCUT2D eigenvalue weighted by Crippen LogP contribution is -2.20. The van der Waals surface area contributed by atoms with E-state index in [0.29, 0.717) is 0 Å². The molecule has 0 radical (unpaired) electrons. The zero-order chi connectivity index (χ0) is 30.2. The average molecular weight is 597 g/mol. The molecule has 0 bridgehead atoms. The monoisotopic (exact) mass is 596 g/mol. The first-order valence-corrected chi connectivity index (χ1v) is 15.8. The Balaban J connectivity index is 1.13. The number of amides is 1. The molecule has 0 spiro atoms. The van der Waals surface area contributed by atoms with E-state index in [4.69, 9.17) is 0 Å². The van der Waals surface area contributed by atoms with Gasteiger partial charge in [-0.2, -0.15) is 0 Å². The van der Waals surface area contributed by atoms with Crippen molar-refractivity contribution in [2.24, 2.45) is 0 Å². The standard InChI is InChI=1S/C41H28N2OS/c44-41-38-18-10-17-37-36(29-19-25-35(26-20-29)45-34-15-8-3-9-16-34)27-28-39(40(37)38)43(41)33-23-21-32(22-24-33)42(30-11-4-1-5-12-30)31-13-6-2-7-14-31/h1-28H. The van der Waals surface area contributed by atoms with E-state index in [1.165, 1.54) is 9.79 Å². The van der Waals surface area contributed by atoms with Gasteiger partial charge < -0.3 is 4.90 Å². The number of hydrogen-bond acceptors (Lipinski definition) is 3. The van der Waals surface area contributed by atoms with Crippen molar-refractivity contribution in [1.29, 1.82) is 0 Å². The molecular weight excluding hydrogens is 569 g/mol. The lowest BCUT2D eigenvalue weighted by atomic mass is 9.96. The SMILES string of the molecule is O=C1c2cccc3c(-c4ccc(Sc5ccccc5)cc4)ccc(c23)N1c1ccc(N(c2ccccc2)c2ccccc2)cc1. The predicted molar refractivity (Wildman–Crippen MR) is 188 cm³/mol. The van der Waals surface area contributed by atoms with Crippen LogP contribution in [-0.2, 0) is 0 Å². The fourth-order valence-corrected chi connectivity index (χ4v) is 7.01. The lowest BCUT2D eigenvalue weighted by Gasteiger charge is -2.26. The van der Waals surface area contributed by atoms with Gasteiger partial charge in [-0.1, -0.05) is 96.7 Å². The summed E-state index contributed by atoms with van der Waals surface area (Å²) in [6.07, 6.45) is 0. The van der Waals surface area contributed by atoms with Crippen molar-refractivity contribution < 1.29 is 4.79 Å². The van der Waals surface area contributed by atoms with Crippen molar-refractivity contribution in [1.82, 2.24) is 0 Å². The molecule has 3 nitrogen and oxygen atoms in total. The van der Waals surface area contributed by atoms with Gasteiger partial charge in [0, 0.05) is 37.9 Å². The highest BCUT2D eigenvalue weighted by Gasteiger charge is 2.32. The molecule has 4 heteroatoms. The molecule has 8 rings (SSSR count). The quantitative estimate of drug-likeness (QED) is 0.183. The molecule has 0 atom stereocenters. The highest BCUT2D eigenvalue weighted by atomic mass is 32.2. The molecule has 1 aliphatic heterocycles. The minimum Gasteiger partial charge on any atom is -0.311 e. The maximum atomic E-state index is 13.9. The summed E-state index contributed by atoms with van der Waals surface area (Å²) in [5.74, 6) is -0.00177. The van der Waals surface area contributed by atoms with E-state index in [0.717, 1.165) is 55.9 Å². The summed E-state index contributed by atoms with van der Waals surface area (Å²) in [7, 11) is 0. The fourth-order valence-electron chi connectivity index (χ4n) is 6.17. The van der Waals surface area contributed by atoms with Crippen LogP contribution in [0, 0.1) is 0 Å². The molecule has 0 saturated carbocycles. The number of carbonyl (C=O) groups excluding carboxylic acids is 1.